The number of halogens is 2. The number of methoxy groups -OCH3 is 1. The summed E-state index contributed by atoms with van der Waals surface area (Å²) in [7, 11) is 1.40. The zero-order valence-electron chi connectivity index (χ0n) is 13.0. The molecule has 2 aromatic carbocycles. The van der Waals surface area contributed by atoms with Gasteiger partial charge in [0.1, 0.15) is 17.1 Å². The number of benzene rings is 2. The number of amides is 1. The quantitative estimate of drug-likeness (QED) is 0.835. The molecule has 0 unspecified atom stereocenters. The first-order valence-corrected chi connectivity index (χ1v) is 7.40. The van der Waals surface area contributed by atoms with Gasteiger partial charge in [-0.05, 0) is 37.3 Å². The highest BCUT2D eigenvalue weighted by atomic mass is 35.5. The zero-order chi connectivity index (χ0) is 17.7. The van der Waals surface area contributed by atoms with Crippen molar-refractivity contribution in [2.75, 3.05) is 12.4 Å². The summed E-state index contributed by atoms with van der Waals surface area (Å²) < 4.78 is 23.7. The van der Waals surface area contributed by atoms with Gasteiger partial charge in [-0.2, -0.15) is 0 Å². The average molecular weight is 352 g/mol. The van der Waals surface area contributed by atoms with Crippen LogP contribution in [0.1, 0.15) is 17.3 Å². The van der Waals surface area contributed by atoms with Crippen LogP contribution in [0.4, 0.5) is 10.1 Å². The van der Waals surface area contributed by atoms with Crippen LogP contribution in [-0.4, -0.2) is 25.1 Å². The lowest BCUT2D eigenvalue weighted by molar-refractivity contribution is -0.123. The molecule has 0 aliphatic carbocycles. The summed E-state index contributed by atoms with van der Waals surface area (Å²) in [6.07, 6.45) is -1.14. The standard InChI is InChI=1S/C17H15ClFNO4/c1-10(16(21)20-14-6-4-3-5-13(14)19)24-17(22)12-9-11(18)7-8-15(12)23-2/h3-10H,1-2H3,(H,20,21)/t10-/m0/s1. The fourth-order valence-electron chi connectivity index (χ4n) is 1.91. The summed E-state index contributed by atoms with van der Waals surface area (Å²) in [6.45, 7) is 1.38. The fraction of sp³-hybridized carbons (Fsp3) is 0.176. The Morgan fingerprint density at radius 2 is 1.92 bits per heavy atom. The second kappa shape index (κ2) is 7.79. The number of para-hydroxylation sites is 1. The van der Waals surface area contributed by atoms with Gasteiger partial charge >= 0.3 is 5.97 Å². The third-order valence-corrected chi connectivity index (χ3v) is 3.40. The highest BCUT2D eigenvalue weighted by Crippen LogP contribution is 2.24. The van der Waals surface area contributed by atoms with Gasteiger partial charge in [0.25, 0.3) is 5.91 Å². The Balaban J connectivity index is 2.07. The third kappa shape index (κ3) is 4.23. The number of ether oxygens (including phenoxy) is 2. The summed E-state index contributed by atoms with van der Waals surface area (Å²) >= 11 is 5.86. The van der Waals surface area contributed by atoms with Crippen LogP contribution in [0.15, 0.2) is 42.5 Å². The average Bonchev–Trinajstić information content (AvgIpc) is 2.56. The lowest BCUT2D eigenvalue weighted by Gasteiger charge is -2.15. The molecule has 7 heteroatoms. The molecule has 2 rings (SSSR count). The van der Waals surface area contributed by atoms with E-state index in [1.165, 1.54) is 44.4 Å². The molecule has 0 spiro atoms. The number of hydrogen-bond donors (Lipinski definition) is 1. The molecular weight excluding hydrogens is 337 g/mol. The van der Waals surface area contributed by atoms with Crippen molar-refractivity contribution in [3.05, 3.63) is 58.9 Å². The van der Waals surface area contributed by atoms with Gasteiger partial charge in [0, 0.05) is 5.02 Å². The lowest BCUT2D eigenvalue weighted by Crippen LogP contribution is -2.30. The molecule has 1 atom stereocenters. The van der Waals surface area contributed by atoms with E-state index in [0.717, 1.165) is 0 Å². The van der Waals surface area contributed by atoms with Crippen molar-refractivity contribution in [3.8, 4) is 5.75 Å². The minimum Gasteiger partial charge on any atom is -0.496 e. The Morgan fingerprint density at radius 3 is 2.58 bits per heavy atom. The van der Waals surface area contributed by atoms with Crippen LogP contribution < -0.4 is 10.1 Å². The van der Waals surface area contributed by atoms with Crippen molar-refractivity contribution < 1.29 is 23.5 Å². The maximum atomic E-state index is 13.5. The smallest absolute Gasteiger partial charge is 0.342 e. The van der Waals surface area contributed by atoms with Crippen LogP contribution >= 0.6 is 11.6 Å². The van der Waals surface area contributed by atoms with E-state index in [1.807, 2.05) is 0 Å². The first-order chi connectivity index (χ1) is 11.4. The fourth-order valence-corrected chi connectivity index (χ4v) is 2.09. The molecule has 1 N–H and O–H groups in total. The lowest BCUT2D eigenvalue weighted by atomic mass is 10.2. The Hall–Kier alpha value is -2.60. The molecule has 0 aliphatic heterocycles. The Bertz CT molecular complexity index is 766. The molecule has 24 heavy (non-hydrogen) atoms. The van der Waals surface area contributed by atoms with Crippen molar-refractivity contribution in [2.45, 2.75) is 13.0 Å². The summed E-state index contributed by atoms with van der Waals surface area (Å²) in [5, 5.41) is 2.68. The third-order valence-electron chi connectivity index (χ3n) is 3.17. The summed E-state index contributed by atoms with van der Waals surface area (Å²) in [5.41, 5.74) is 0.0984. The molecule has 0 heterocycles. The van der Waals surface area contributed by atoms with Crippen molar-refractivity contribution >= 4 is 29.2 Å². The first kappa shape index (κ1) is 17.7. The molecule has 126 valence electrons. The van der Waals surface area contributed by atoms with Crippen molar-refractivity contribution in [1.29, 1.82) is 0 Å². The SMILES string of the molecule is COc1ccc(Cl)cc1C(=O)O[C@@H](C)C(=O)Nc1ccccc1F. The van der Waals surface area contributed by atoms with Crippen LogP contribution in [0.3, 0.4) is 0 Å². The molecule has 2 aromatic rings. The molecule has 0 saturated carbocycles. The van der Waals surface area contributed by atoms with E-state index in [2.05, 4.69) is 5.32 Å². The molecule has 0 aliphatic rings. The summed E-state index contributed by atoms with van der Waals surface area (Å²) in [5.74, 6) is -1.74. The van der Waals surface area contributed by atoms with E-state index in [9.17, 15) is 14.0 Å². The second-order valence-corrected chi connectivity index (χ2v) is 5.30. The van der Waals surface area contributed by atoms with Gasteiger partial charge < -0.3 is 14.8 Å². The van der Waals surface area contributed by atoms with Gasteiger partial charge in [-0.1, -0.05) is 23.7 Å². The molecule has 5 nitrogen and oxygen atoms in total. The van der Waals surface area contributed by atoms with Gasteiger partial charge in [0.2, 0.25) is 0 Å². The van der Waals surface area contributed by atoms with Gasteiger partial charge in [0.05, 0.1) is 12.8 Å². The highest BCUT2D eigenvalue weighted by molar-refractivity contribution is 6.31. The molecule has 0 radical (unpaired) electrons. The number of carbonyl (C=O) groups is 2. The number of nitrogens with one attached hydrogen (secondary N) is 1. The Labute approximate surface area is 143 Å². The number of anilines is 1. The van der Waals surface area contributed by atoms with E-state index in [-0.39, 0.29) is 17.0 Å². The second-order valence-electron chi connectivity index (χ2n) is 4.86. The molecule has 0 fully saturated rings. The van der Waals surface area contributed by atoms with E-state index in [1.54, 1.807) is 12.1 Å². The topological polar surface area (TPSA) is 64.6 Å². The Kier molecular flexibility index (Phi) is 5.76. The first-order valence-electron chi connectivity index (χ1n) is 7.02. The monoisotopic (exact) mass is 351 g/mol. The molecular formula is C17H15ClFNO4. The largest absolute Gasteiger partial charge is 0.496 e. The Morgan fingerprint density at radius 1 is 1.21 bits per heavy atom. The maximum absolute atomic E-state index is 13.5. The number of hydrogen-bond acceptors (Lipinski definition) is 4. The predicted octanol–water partition coefficient (Wildman–Crippen LogP) is 3.67. The van der Waals surface area contributed by atoms with Crippen LogP contribution in [0, 0.1) is 5.82 Å². The zero-order valence-corrected chi connectivity index (χ0v) is 13.8. The van der Waals surface area contributed by atoms with E-state index in [0.29, 0.717) is 5.02 Å². The van der Waals surface area contributed by atoms with E-state index >= 15 is 0 Å². The number of esters is 1. The molecule has 0 saturated heterocycles. The number of carbonyl (C=O) groups excluding carboxylic acids is 2. The minimum atomic E-state index is -1.14. The van der Waals surface area contributed by atoms with Crippen LogP contribution in [0.2, 0.25) is 5.02 Å². The highest BCUT2D eigenvalue weighted by Gasteiger charge is 2.22. The molecule has 1 amide bonds. The van der Waals surface area contributed by atoms with Crippen molar-refractivity contribution in [3.63, 3.8) is 0 Å². The van der Waals surface area contributed by atoms with Gasteiger partial charge in [0.15, 0.2) is 6.10 Å². The normalized spacial score (nSPS) is 11.5. The van der Waals surface area contributed by atoms with Crippen molar-refractivity contribution in [1.82, 2.24) is 0 Å². The van der Waals surface area contributed by atoms with Crippen LogP contribution in [0.25, 0.3) is 0 Å². The van der Waals surface area contributed by atoms with Gasteiger partial charge in [-0.15, -0.1) is 0 Å². The van der Waals surface area contributed by atoms with Crippen molar-refractivity contribution in [2.24, 2.45) is 0 Å². The van der Waals surface area contributed by atoms with Gasteiger partial charge in [-0.3, -0.25) is 4.79 Å². The van der Waals surface area contributed by atoms with Gasteiger partial charge in [-0.25, -0.2) is 9.18 Å². The maximum Gasteiger partial charge on any atom is 0.342 e. The minimum absolute atomic E-state index is 0.00531. The summed E-state index contributed by atoms with van der Waals surface area (Å²) in [6, 6.07) is 10.1. The summed E-state index contributed by atoms with van der Waals surface area (Å²) in [4.78, 5) is 24.2. The van der Waals surface area contributed by atoms with Crippen LogP contribution in [0.5, 0.6) is 5.75 Å². The molecule has 0 bridgehead atoms. The van der Waals surface area contributed by atoms with Crippen LogP contribution in [-0.2, 0) is 9.53 Å². The number of rotatable bonds is 5. The molecule has 0 aromatic heterocycles. The predicted molar refractivity (Wildman–Crippen MR) is 87.9 cm³/mol. The van der Waals surface area contributed by atoms with E-state index in [4.69, 9.17) is 21.1 Å². The van der Waals surface area contributed by atoms with E-state index < -0.39 is 23.8 Å².